The van der Waals surface area contributed by atoms with E-state index in [1.807, 2.05) is 0 Å². The summed E-state index contributed by atoms with van der Waals surface area (Å²) in [6.45, 7) is 0. The molecule has 0 amide bonds. The van der Waals surface area contributed by atoms with Gasteiger partial charge in [0.2, 0.25) is 0 Å². The Hall–Kier alpha value is -0.980. The molecule has 0 saturated heterocycles. The van der Waals surface area contributed by atoms with Crippen LogP contribution in [0.1, 0.15) is 11.1 Å². The van der Waals surface area contributed by atoms with Crippen LogP contribution in [-0.4, -0.2) is 14.7 Å². The van der Waals surface area contributed by atoms with Gasteiger partial charge in [0.25, 0.3) is 0 Å². The molecule has 1 rings (SSSR count). The fourth-order valence-electron chi connectivity index (χ4n) is 1.19. The minimum Gasteiger partial charge on any atom is -0.224 e. The number of halogens is 3. The van der Waals surface area contributed by atoms with Gasteiger partial charge >= 0.3 is 0 Å². The Bertz CT molecular complexity index is 684. The molecule has 1 aromatic rings. The van der Waals surface area contributed by atoms with Gasteiger partial charge in [-0.3, -0.25) is 0 Å². The summed E-state index contributed by atoms with van der Waals surface area (Å²) in [4.78, 5) is -0.462. The molecule has 1 aromatic carbocycles. The number of sulfone groups is 1. The number of rotatable bonds is 1. The van der Waals surface area contributed by atoms with E-state index in [4.69, 9.17) is 45.3 Å². The highest BCUT2D eigenvalue weighted by molar-refractivity contribution is 7.91. The van der Waals surface area contributed by atoms with E-state index >= 15 is 0 Å². The molecule has 0 N–H and O–H groups in total. The summed E-state index contributed by atoms with van der Waals surface area (Å²) in [6, 6.07) is 3.27. The Morgan fingerprint density at radius 1 is 0.941 bits per heavy atom. The minimum absolute atomic E-state index is 0.220. The molecular weight excluding hydrogens is 307 g/mol. The fourth-order valence-corrected chi connectivity index (χ4v) is 3.41. The molecule has 0 spiro atoms. The van der Waals surface area contributed by atoms with Crippen molar-refractivity contribution < 1.29 is 8.42 Å². The van der Waals surface area contributed by atoms with Crippen molar-refractivity contribution >= 4 is 44.6 Å². The van der Waals surface area contributed by atoms with Gasteiger partial charge in [0.1, 0.15) is 17.0 Å². The number of benzene rings is 1. The van der Waals surface area contributed by atoms with E-state index in [1.165, 1.54) is 0 Å². The van der Waals surface area contributed by atoms with Gasteiger partial charge in [-0.25, -0.2) is 8.42 Å². The Labute approximate surface area is 113 Å². The Kier molecular flexibility index (Phi) is 3.91. The van der Waals surface area contributed by atoms with E-state index in [0.717, 1.165) is 6.26 Å². The van der Waals surface area contributed by atoms with Gasteiger partial charge in [-0.1, -0.05) is 34.8 Å². The van der Waals surface area contributed by atoms with Crippen molar-refractivity contribution in [3.63, 3.8) is 0 Å². The molecule has 0 unspecified atom stereocenters. The molecule has 0 aliphatic rings. The van der Waals surface area contributed by atoms with Crippen molar-refractivity contribution in [2.75, 3.05) is 6.26 Å². The predicted molar refractivity (Wildman–Crippen MR) is 64.0 cm³/mol. The van der Waals surface area contributed by atoms with Crippen LogP contribution in [-0.2, 0) is 9.84 Å². The molecule has 0 aliphatic heterocycles. The molecule has 8 heteroatoms. The third kappa shape index (κ3) is 2.34. The molecule has 88 valence electrons. The molecule has 0 heterocycles. The van der Waals surface area contributed by atoms with Gasteiger partial charge in [0.05, 0.1) is 26.2 Å². The van der Waals surface area contributed by atoms with Crippen LogP contribution in [0.15, 0.2) is 4.90 Å². The second-order valence-corrected chi connectivity index (χ2v) is 6.10. The average Bonchev–Trinajstić information content (AvgIpc) is 2.22. The summed E-state index contributed by atoms with van der Waals surface area (Å²) in [7, 11) is -3.78. The maximum Gasteiger partial charge on any atom is 0.178 e. The van der Waals surface area contributed by atoms with Crippen LogP contribution in [0, 0.1) is 22.7 Å². The van der Waals surface area contributed by atoms with Gasteiger partial charge < -0.3 is 0 Å². The highest BCUT2D eigenvalue weighted by atomic mass is 35.5. The number of nitriles is 2. The second-order valence-electron chi connectivity index (χ2n) is 3.02. The van der Waals surface area contributed by atoms with Gasteiger partial charge in [-0.15, -0.1) is 0 Å². The van der Waals surface area contributed by atoms with Crippen LogP contribution < -0.4 is 0 Å². The zero-order valence-corrected chi connectivity index (χ0v) is 11.3. The molecule has 17 heavy (non-hydrogen) atoms. The SMILES string of the molecule is CS(=O)(=O)c1c(Cl)c(Cl)c(C#N)c(Cl)c1C#N. The molecule has 0 saturated carbocycles. The van der Waals surface area contributed by atoms with Crippen molar-refractivity contribution in [2.45, 2.75) is 4.90 Å². The van der Waals surface area contributed by atoms with Crippen molar-refractivity contribution in [1.29, 1.82) is 10.5 Å². The Balaban J connectivity index is 4.04. The Morgan fingerprint density at radius 2 is 1.41 bits per heavy atom. The van der Waals surface area contributed by atoms with E-state index < -0.39 is 14.7 Å². The first kappa shape index (κ1) is 14.1. The third-order valence-corrected chi connectivity index (χ3v) is 4.36. The standard InChI is InChI=1S/C9H3Cl3N2O2S/c1-17(15,16)9-5(3-14)6(10)4(2-13)7(11)8(9)12/h1H3. The lowest BCUT2D eigenvalue weighted by molar-refractivity contribution is 0.601. The van der Waals surface area contributed by atoms with E-state index in [1.54, 1.807) is 12.1 Å². The second kappa shape index (κ2) is 4.72. The molecule has 0 radical (unpaired) electrons. The minimum atomic E-state index is -3.78. The normalized spacial score (nSPS) is 10.7. The molecule has 0 atom stereocenters. The van der Waals surface area contributed by atoms with Crippen LogP contribution >= 0.6 is 34.8 Å². The maximum absolute atomic E-state index is 11.5. The quantitative estimate of drug-likeness (QED) is 0.747. The summed E-state index contributed by atoms with van der Waals surface area (Å²) in [5, 5.41) is 16.7. The van der Waals surface area contributed by atoms with Crippen LogP contribution in [0.5, 0.6) is 0 Å². The van der Waals surface area contributed by atoms with Gasteiger partial charge in [0.15, 0.2) is 9.84 Å². The number of hydrogen-bond acceptors (Lipinski definition) is 4. The Morgan fingerprint density at radius 3 is 1.76 bits per heavy atom. The maximum atomic E-state index is 11.5. The molecular formula is C9H3Cl3N2O2S. The van der Waals surface area contributed by atoms with E-state index in [-0.39, 0.29) is 26.2 Å². The highest BCUT2D eigenvalue weighted by Gasteiger charge is 2.26. The van der Waals surface area contributed by atoms with Gasteiger partial charge in [0, 0.05) is 6.26 Å². The first-order valence-corrected chi connectivity index (χ1v) is 6.99. The van der Waals surface area contributed by atoms with Crippen molar-refractivity contribution in [1.82, 2.24) is 0 Å². The van der Waals surface area contributed by atoms with Crippen molar-refractivity contribution in [2.24, 2.45) is 0 Å². The first-order chi connectivity index (χ1) is 7.75. The average molecular weight is 310 g/mol. The predicted octanol–water partition coefficient (Wildman–Crippen LogP) is 2.79. The summed E-state index contributed by atoms with van der Waals surface area (Å²) in [6.07, 6.45) is 0.869. The lowest BCUT2D eigenvalue weighted by Gasteiger charge is -2.09. The monoisotopic (exact) mass is 308 g/mol. The van der Waals surface area contributed by atoms with Crippen LogP contribution in [0.25, 0.3) is 0 Å². The molecule has 0 bridgehead atoms. The van der Waals surface area contributed by atoms with E-state index in [0.29, 0.717) is 0 Å². The smallest absolute Gasteiger partial charge is 0.178 e. The van der Waals surface area contributed by atoms with Gasteiger partial charge in [-0.2, -0.15) is 10.5 Å². The largest absolute Gasteiger partial charge is 0.224 e. The molecule has 0 aromatic heterocycles. The molecule has 0 fully saturated rings. The zero-order chi connectivity index (χ0) is 13.4. The fraction of sp³-hybridized carbons (Fsp3) is 0.111. The summed E-state index contributed by atoms with van der Waals surface area (Å²) in [5.74, 6) is 0. The van der Waals surface area contributed by atoms with Crippen LogP contribution in [0.2, 0.25) is 15.1 Å². The molecule has 0 aliphatic carbocycles. The van der Waals surface area contributed by atoms with E-state index in [2.05, 4.69) is 0 Å². The summed E-state index contributed by atoms with van der Waals surface area (Å²) < 4.78 is 23.0. The number of hydrogen-bond donors (Lipinski definition) is 0. The molecule has 4 nitrogen and oxygen atoms in total. The first-order valence-electron chi connectivity index (χ1n) is 3.96. The lowest BCUT2D eigenvalue weighted by atomic mass is 10.1. The summed E-state index contributed by atoms with van der Waals surface area (Å²) in [5.41, 5.74) is -0.595. The van der Waals surface area contributed by atoms with Gasteiger partial charge in [-0.05, 0) is 0 Å². The van der Waals surface area contributed by atoms with Crippen molar-refractivity contribution in [3.8, 4) is 12.1 Å². The highest BCUT2D eigenvalue weighted by Crippen LogP contribution is 2.39. The van der Waals surface area contributed by atoms with Crippen LogP contribution in [0.3, 0.4) is 0 Å². The van der Waals surface area contributed by atoms with E-state index in [9.17, 15) is 8.42 Å². The van der Waals surface area contributed by atoms with Crippen LogP contribution in [0.4, 0.5) is 0 Å². The zero-order valence-electron chi connectivity index (χ0n) is 8.25. The number of nitrogens with zero attached hydrogens (tertiary/aromatic N) is 2. The lowest BCUT2D eigenvalue weighted by Crippen LogP contribution is -2.04. The summed E-state index contributed by atoms with van der Waals surface area (Å²) >= 11 is 17.2. The van der Waals surface area contributed by atoms with Crippen molar-refractivity contribution in [3.05, 3.63) is 26.2 Å². The third-order valence-electron chi connectivity index (χ3n) is 1.87. The topological polar surface area (TPSA) is 81.7 Å².